The van der Waals surface area contributed by atoms with Crippen molar-refractivity contribution in [3.05, 3.63) is 28.7 Å². The fraction of sp³-hybridized carbons (Fsp3) is 0.462. The minimum Gasteiger partial charge on any atom is -0.465 e. The lowest BCUT2D eigenvalue weighted by Crippen LogP contribution is -2.43. The summed E-state index contributed by atoms with van der Waals surface area (Å²) in [5.41, 5.74) is 0. The Kier molecular flexibility index (Phi) is 4.15. The predicted octanol–water partition coefficient (Wildman–Crippen LogP) is 4.03. The number of carbonyl (C=O) groups is 1. The smallest absolute Gasteiger partial charge is 0.322 e. The number of esters is 1. The van der Waals surface area contributed by atoms with Crippen LogP contribution in [0.25, 0.3) is 0 Å². The molecule has 0 aromatic heterocycles. The van der Waals surface area contributed by atoms with Crippen LogP contribution in [-0.4, -0.2) is 17.3 Å². The van der Waals surface area contributed by atoms with Gasteiger partial charge in [0.15, 0.2) is 0 Å². The van der Waals surface area contributed by atoms with Crippen LogP contribution in [0.5, 0.6) is 0 Å². The minimum absolute atomic E-state index is 0.0591. The molecule has 2 nitrogen and oxygen atoms in total. The second kappa shape index (κ2) is 5.44. The molecule has 1 aliphatic rings. The van der Waals surface area contributed by atoms with E-state index in [1.54, 1.807) is 11.8 Å². The molecule has 0 unspecified atom stereocenters. The number of hydrogen-bond donors (Lipinski definition) is 0. The van der Waals surface area contributed by atoms with E-state index >= 15 is 0 Å². The standard InChI is InChI=1S/C13H15BrO2S/c1-2-16-12(15)13(7-4-8-13)17-11-6-3-5-10(14)9-11/h3,5-6,9H,2,4,7-8H2,1H3. The zero-order chi connectivity index (χ0) is 12.3. The summed E-state index contributed by atoms with van der Waals surface area (Å²) in [5.74, 6) is -0.0591. The highest BCUT2D eigenvalue weighted by molar-refractivity contribution is 9.10. The third-order valence-electron chi connectivity index (χ3n) is 2.92. The Bertz CT molecular complexity index is 416. The van der Waals surface area contributed by atoms with E-state index in [-0.39, 0.29) is 10.7 Å². The molecule has 0 atom stereocenters. The number of ether oxygens (including phenoxy) is 1. The maximum absolute atomic E-state index is 12.0. The zero-order valence-corrected chi connectivity index (χ0v) is 12.1. The number of thioether (sulfide) groups is 1. The summed E-state index contributed by atoms with van der Waals surface area (Å²) in [6.07, 6.45) is 2.95. The first kappa shape index (κ1) is 13.0. The first-order valence-electron chi connectivity index (χ1n) is 5.78. The molecule has 0 radical (unpaired) electrons. The van der Waals surface area contributed by atoms with Gasteiger partial charge < -0.3 is 4.74 Å². The first-order chi connectivity index (χ1) is 8.16. The van der Waals surface area contributed by atoms with E-state index < -0.39 is 0 Å². The molecular formula is C13H15BrO2S. The molecule has 4 heteroatoms. The molecule has 2 rings (SSSR count). The van der Waals surface area contributed by atoms with E-state index in [1.165, 1.54) is 0 Å². The molecule has 0 aliphatic heterocycles. The maximum atomic E-state index is 12.0. The van der Waals surface area contributed by atoms with Crippen LogP contribution in [0.1, 0.15) is 26.2 Å². The van der Waals surface area contributed by atoms with Gasteiger partial charge in [0, 0.05) is 9.37 Å². The monoisotopic (exact) mass is 314 g/mol. The molecule has 92 valence electrons. The van der Waals surface area contributed by atoms with Gasteiger partial charge in [0.25, 0.3) is 0 Å². The fourth-order valence-electron chi connectivity index (χ4n) is 1.86. The van der Waals surface area contributed by atoms with Crippen LogP contribution in [-0.2, 0) is 9.53 Å². The molecule has 0 saturated heterocycles. The molecule has 1 fully saturated rings. The average Bonchev–Trinajstić information content (AvgIpc) is 2.24. The molecule has 0 amide bonds. The third-order valence-corrected chi connectivity index (χ3v) is 4.87. The average molecular weight is 315 g/mol. The summed E-state index contributed by atoms with van der Waals surface area (Å²) >= 11 is 5.08. The Balaban J connectivity index is 2.12. The summed E-state index contributed by atoms with van der Waals surface area (Å²) in [6, 6.07) is 8.06. The normalized spacial score (nSPS) is 17.3. The molecule has 0 spiro atoms. The van der Waals surface area contributed by atoms with Crippen LogP contribution >= 0.6 is 27.7 Å². The highest BCUT2D eigenvalue weighted by Crippen LogP contribution is 2.48. The van der Waals surface area contributed by atoms with E-state index in [2.05, 4.69) is 15.9 Å². The van der Waals surface area contributed by atoms with Crippen LogP contribution < -0.4 is 0 Å². The quantitative estimate of drug-likeness (QED) is 0.785. The lowest BCUT2D eigenvalue weighted by atomic mass is 9.84. The Morgan fingerprint density at radius 2 is 2.29 bits per heavy atom. The SMILES string of the molecule is CCOC(=O)C1(Sc2cccc(Br)c2)CCC1. The lowest BCUT2D eigenvalue weighted by Gasteiger charge is -2.38. The van der Waals surface area contributed by atoms with Gasteiger partial charge in [-0.2, -0.15) is 0 Å². The van der Waals surface area contributed by atoms with Gasteiger partial charge in [-0.05, 0) is 44.4 Å². The molecule has 0 heterocycles. The van der Waals surface area contributed by atoms with Crippen LogP contribution in [0.3, 0.4) is 0 Å². The van der Waals surface area contributed by atoms with Crippen molar-refractivity contribution >= 4 is 33.7 Å². The van der Waals surface area contributed by atoms with Crippen molar-refractivity contribution in [2.45, 2.75) is 35.8 Å². The van der Waals surface area contributed by atoms with Gasteiger partial charge in [-0.15, -0.1) is 11.8 Å². The molecule has 1 saturated carbocycles. The van der Waals surface area contributed by atoms with Crippen LogP contribution in [0.15, 0.2) is 33.6 Å². The number of rotatable bonds is 4. The van der Waals surface area contributed by atoms with E-state index in [4.69, 9.17) is 4.74 Å². The maximum Gasteiger partial charge on any atom is 0.322 e. The fourth-order valence-corrected chi connectivity index (χ4v) is 3.83. The van der Waals surface area contributed by atoms with Gasteiger partial charge in [0.1, 0.15) is 4.75 Å². The van der Waals surface area contributed by atoms with Gasteiger partial charge >= 0.3 is 5.97 Å². The van der Waals surface area contributed by atoms with Crippen molar-refractivity contribution in [1.82, 2.24) is 0 Å². The zero-order valence-electron chi connectivity index (χ0n) is 9.74. The second-order valence-corrected chi connectivity index (χ2v) is 6.50. The highest BCUT2D eigenvalue weighted by Gasteiger charge is 2.46. The Hall–Kier alpha value is -0.480. The first-order valence-corrected chi connectivity index (χ1v) is 7.39. The molecule has 1 aliphatic carbocycles. The number of hydrogen-bond acceptors (Lipinski definition) is 3. The molecule has 1 aromatic carbocycles. The predicted molar refractivity (Wildman–Crippen MR) is 73.2 cm³/mol. The van der Waals surface area contributed by atoms with Gasteiger partial charge in [-0.3, -0.25) is 4.79 Å². The Morgan fingerprint density at radius 3 is 2.82 bits per heavy atom. The minimum atomic E-state index is -0.337. The lowest BCUT2D eigenvalue weighted by molar-refractivity contribution is -0.148. The number of carbonyl (C=O) groups excluding carboxylic acids is 1. The van der Waals surface area contributed by atoms with Crippen LogP contribution in [0, 0.1) is 0 Å². The molecule has 17 heavy (non-hydrogen) atoms. The van der Waals surface area contributed by atoms with Gasteiger partial charge in [0.05, 0.1) is 6.61 Å². The largest absolute Gasteiger partial charge is 0.465 e. The Labute approximate surface area is 114 Å². The van der Waals surface area contributed by atoms with Crippen LogP contribution in [0.2, 0.25) is 0 Å². The van der Waals surface area contributed by atoms with Gasteiger partial charge in [-0.1, -0.05) is 22.0 Å². The summed E-state index contributed by atoms with van der Waals surface area (Å²) in [5, 5.41) is 0. The molecular weight excluding hydrogens is 300 g/mol. The summed E-state index contributed by atoms with van der Waals surface area (Å²) < 4.78 is 5.89. The van der Waals surface area contributed by atoms with E-state index in [0.717, 1.165) is 28.6 Å². The van der Waals surface area contributed by atoms with Crippen LogP contribution in [0.4, 0.5) is 0 Å². The Morgan fingerprint density at radius 1 is 1.53 bits per heavy atom. The van der Waals surface area contributed by atoms with Crippen molar-refractivity contribution in [3.8, 4) is 0 Å². The number of halogens is 1. The third kappa shape index (κ3) is 2.86. The van der Waals surface area contributed by atoms with Crippen molar-refractivity contribution in [2.24, 2.45) is 0 Å². The second-order valence-electron chi connectivity index (χ2n) is 4.13. The molecule has 0 bridgehead atoms. The van der Waals surface area contributed by atoms with E-state index in [1.807, 2.05) is 31.2 Å². The van der Waals surface area contributed by atoms with E-state index in [0.29, 0.717) is 6.61 Å². The highest BCUT2D eigenvalue weighted by atomic mass is 79.9. The molecule has 1 aromatic rings. The topological polar surface area (TPSA) is 26.3 Å². The summed E-state index contributed by atoms with van der Waals surface area (Å²) in [7, 11) is 0. The van der Waals surface area contributed by atoms with Crippen molar-refractivity contribution in [1.29, 1.82) is 0 Å². The van der Waals surface area contributed by atoms with Gasteiger partial charge in [-0.25, -0.2) is 0 Å². The number of benzene rings is 1. The summed E-state index contributed by atoms with van der Waals surface area (Å²) in [6.45, 7) is 2.31. The summed E-state index contributed by atoms with van der Waals surface area (Å²) in [4.78, 5) is 13.1. The van der Waals surface area contributed by atoms with Crippen molar-refractivity contribution in [3.63, 3.8) is 0 Å². The van der Waals surface area contributed by atoms with E-state index in [9.17, 15) is 4.79 Å². The van der Waals surface area contributed by atoms with Crippen molar-refractivity contribution < 1.29 is 9.53 Å². The van der Waals surface area contributed by atoms with Gasteiger partial charge in [0.2, 0.25) is 0 Å². The van der Waals surface area contributed by atoms with Crippen molar-refractivity contribution in [2.75, 3.05) is 6.61 Å². The molecule has 0 N–H and O–H groups in total.